The quantitative estimate of drug-likeness (QED) is 0.745. The first-order chi connectivity index (χ1) is 11.7. The van der Waals surface area contributed by atoms with Gasteiger partial charge in [0.2, 0.25) is 5.88 Å². The Morgan fingerprint density at radius 1 is 1.17 bits per heavy atom. The lowest BCUT2D eigenvalue weighted by Crippen LogP contribution is -2.21. The molecule has 24 heavy (non-hydrogen) atoms. The number of hydrogen-bond donors (Lipinski definition) is 1. The van der Waals surface area contributed by atoms with Crippen LogP contribution in [0.15, 0.2) is 60.5 Å². The van der Waals surface area contributed by atoms with Gasteiger partial charge in [0.25, 0.3) is 0 Å². The average Bonchev–Trinajstić information content (AvgIpc) is 2.60. The molecule has 3 heterocycles. The van der Waals surface area contributed by atoms with Crippen LogP contribution in [0.25, 0.3) is 10.8 Å². The minimum absolute atomic E-state index is 0.140. The Kier molecular flexibility index (Phi) is 3.17. The summed E-state index contributed by atoms with van der Waals surface area (Å²) in [5, 5.41) is 11.5. The Hall–Kier alpha value is -3.39. The molecule has 0 radical (unpaired) electrons. The Morgan fingerprint density at radius 2 is 2.04 bits per heavy atom. The Labute approximate surface area is 139 Å². The Bertz CT molecular complexity index is 1030. The molecule has 116 valence electrons. The first-order valence-corrected chi connectivity index (χ1v) is 7.55. The van der Waals surface area contributed by atoms with Crippen LogP contribution in [0.4, 0.5) is 0 Å². The van der Waals surface area contributed by atoms with Gasteiger partial charge in [0.1, 0.15) is 17.4 Å². The van der Waals surface area contributed by atoms with Crippen molar-refractivity contribution in [2.45, 2.75) is 12.8 Å². The smallest absolute Gasteiger partial charge is 0.205 e. The molecule has 1 aliphatic rings. The lowest BCUT2D eigenvalue weighted by Gasteiger charge is -2.27. The minimum Gasteiger partial charge on any atom is -0.440 e. The van der Waals surface area contributed by atoms with E-state index in [1.165, 1.54) is 0 Å². The summed E-state index contributed by atoms with van der Waals surface area (Å²) in [6, 6.07) is 10.1. The number of hydrogen-bond acceptors (Lipinski definition) is 5. The third-order valence-corrected chi connectivity index (χ3v) is 4.23. The van der Waals surface area contributed by atoms with Crippen molar-refractivity contribution in [3.05, 3.63) is 77.2 Å². The van der Waals surface area contributed by atoms with Crippen molar-refractivity contribution in [1.82, 2.24) is 9.97 Å². The van der Waals surface area contributed by atoms with Gasteiger partial charge >= 0.3 is 0 Å². The van der Waals surface area contributed by atoms with Crippen molar-refractivity contribution in [3.8, 4) is 11.8 Å². The zero-order valence-electron chi connectivity index (χ0n) is 13.0. The SMILES string of the molecule is Cc1cncc(C2C(C#N)=C(N)Oc3c2ccc2cnccc32)c1. The van der Waals surface area contributed by atoms with E-state index in [9.17, 15) is 5.26 Å². The normalized spacial score (nSPS) is 16.4. The summed E-state index contributed by atoms with van der Waals surface area (Å²) in [5.74, 6) is 0.530. The molecule has 4 rings (SSSR count). The van der Waals surface area contributed by atoms with E-state index in [0.29, 0.717) is 11.3 Å². The second-order valence-electron chi connectivity index (χ2n) is 5.80. The summed E-state index contributed by atoms with van der Waals surface area (Å²) in [6.45, 7) is 1.97. The number of aryl methyl sites for hydroxylation is 1. The molecule has 0 aliphatic carbocycles. The summed E-state index contributed by atoms with van der Waals surface area (Å²) in [5.41, 5.74) is 9.33. The van der Waals surface area contributed by atoms with Crippen molar-refractivity contribution in [3.63, 3.8) is 0 Å². The summed E-state index contributed by atoms with van der Waals surface area (Å²) in [7, 11) is 0. The number of rotatable bonds is 1. The van der Waals surface area contributed by atoms with Gasteiger partial charge in [0.15, 0.2) is 0 Å². The molecule has 2 N–H and O–H groups in total. The number of ether oxygens (including phenoxy) is 1. The van der Waals surface area contributed by atoms with Gasteiger partial charge in [0.05, 0.1) is 5.92 Å². The molecule has 0 spiro atoms. The van der Waals surface area contributed by atoms with Crippen LogP contribution in [-0.2, 0) is 0 Å². The number of nitrogens with two attached hydrogens (primary N) is 1. The topological polar surface area (TPSA) is 84.8 Å². The lowest BCUT2D eigenvalue weighted by atomic mass is 9.83. The third kappa shape index (κ3) is 2.09. The molecule has 1 atom stereocenters. The molecule has 0 saturated carbocycles. The highest BCUT2D eigenvalue weighted by molar-refractivity contribution is 5.90. The van der Waals surface area contributed by atoms with Crippen molar-refractivity contribution in [2.75, 3.05) is 0 Å². The van der Waals surface area contributed by atoms with E-state index in [-0.39, 0.29) is 11.8 Å². The number of nitrogens with zero attached hydrogens (tertiary/aromatic N) is 3. The van der Waals surface area contributed by atoms with Gasteiger partial charge in [-0.05, 0) is 24.1 Å². The zero-order chi connectivity index (χ0) is 16.7. The molecule has 3 aromatic rings. The molecule has 5 heteroatoms. The summed E-state index contributed by atoms with van der Waals surface area (Å²) >= 11 is 0. The molecule has 0 fully saturated rings. The molecule has 5 nitrogen and oxygen atoms in total. The van der Waals surface area contributed by atoms with Crippen LogP contribution < -0.4 is 10.5 Å². The van der Waals surface area contributed by atoms with Gasteiger partial charge in [0, 0.05) is 41.1 Å². The Morgan fingerprint density at radius 3 is 2.83 bits per heavy atom. The number of pyridine rings is 2. The second kappa shape index (κ2) is 5.36. The van der Waals surface area contributed by atoms with Crippen molar-refractivity contribution in [1.29, 1.82) is 5.26 Å². The van der Waals surface area contributed by atoms with Crippen LogP contribution in [-0.4, -0.2) is 9.97 Å². The van der Waals surface area contributed by atoms with E-state index in [1.54, 1.807) is 24.8 Å². The highest BCUT2D eigenvalue weighted by atomic mass is 16.5. The predicted octanol–water partition coefficient (Wildman–Crippen LogP) is 3.16. The largest absolute Gasteiger partial charge is 0.440 e. The van der Waals surface area contributed by atoms with Gasteiger partial charge in [-0.2, -0.15) is 5.26 Å². The van der Waals surface area contributed by atoms with Crippen LogP contribution in [0.3, 0.4) is 0 Å². The maximum atomic E-state index is 9.60. The molecule has 0 bridgehead atoms. The molecular formula is C19H14N4O. The predicted molar refractivity (Wildman–Crippen MR) is 90.0 cm³/mol. The highest BCUT2D eigenvalue weighted by Crippen LogP contribution is 2.44. The molecule has 2 aromatic heterocycles. The van der Waals surface area contributed by atoms with Gasteiger partial charge in [-0.1, -0.05) is 18.2 Å². The van der Waals surface area contributed by atoms with Gasteiger partial charge in [-0.3, -0.25) is 9.97 Å². The van der Waals surface area contributed by atoms with E-state index in [2.05, 4.69) is 16.0 Å². The van der Waals surface area contributed by atoms with E-state index in [1.807, 2.05) is 31.2 Å². The standard InChI is InChI=1S/C19H14N4O/c1-11-6-13(10-23-8-11)17-15-3-2-12-9-22-5-4-14(12)18(15)24-19(21)16(17)7-20/h2-6,8-10,17H,21H2,1H3. The number of nitriles is 1. The fourth-order valence-electron chi connectivity index (χ4n) is 3.16. The van der Waals surface area contributed by atoms with Crippen LogP contribution in [0, 0.1) is 18.3 Å². The number of allylic oxidation sites excluding steroid dienone is 1. The molecule has 1 unspecified atom stereocenters. The lowest BCUT2D eigenvalue weighted by molar-refractivity contribution is 0.398. The highest BCUT2D eigenvalue weighted by Gasteiger charge is 2.31. The number of fused-ring (bicyclic) bond motifs is 3. The summed E-state index contributed by atoms with van der Waals surface area (Å²) in [4.78, 5) is 8.40. The number of aromatic nitrogens is 2. The minimum atomic E-state index is -0.288. The molecule has 1 aromatic carbocycles. The fraction of sp³-hybridized carbons (Fsp3) is 0.105. The second-order valence-corrected chi connectivity index (χ2v) is 5.80. The van der Waals surface area contributed by atoms with Crippen LogP contribution in [0.1, 0.15) is 22.6 Å². The molecule has 1 aliphatic heterocycles. The fourth-order valence-corrected chi connectivity index (χ4v) is 3.16. The van der Waals surface area contributed by atoms with E-state index in [0.717, 1.165) is 27.5 Å². The van der Waals surface area contributed by atoms with Gasteiger partial charge in [-0.15, -0.1) is 0 Å². The zero-order valence-corrected chi connectivity index (χ0v) is 13.0. The monoisotopic (exact) mass is 314 g/mol. The van der Waals surface area contributed by atoms with Crippen molar-refractivity contribution in [2.24, 2.45) is 5.73 Å². The van der Waals surface area contributed by atoms with Crippen molar-refractivity contribution >= 4 is 10.8 Å². The Balaban J connectivity index is 2.02. The molecular weight excluding hydrogens is 300 g/mol. The first-order valence-electron chi connectivity index (χ1n) is 7.55. The van der Waals surface area contributed by atoms with Crippen molar-refractivity contribution < 1.29 is 4.74 Å². The number of benzene rings is 1. The summed E-state index contributed by atoms with van der Waals surface area (Å²) in [6.07, 6.45) is 7.06. The first kappa shape index (κ1) is 14.2. The van der Waals surface area contributed by atoms with E-state index < -0.39 is 0 Å². The maximum absolute atomic E-state index is 9.60. The molecule has 0 amide bonds. The average molecular weight is 314 g/mol. The third-order valence-electron chi connectivity index (χ3n) is 4.23. The molecule has 0 saturated heterocycles. The maximum Gasteiger partial charge on any atom is 0.205 e. The summed E-state index contributed by atoms with van der Waals surface area (Å²) < 4.78 is 5.82. The van der Waals surface area contributed by atoms with Crippen LogP contribution >= 0.6 is 0 Å². The van der Waals surface area contributed by atoms with E-state index in [4.69, 9.17) is 10.5 Å². The van der Waals surface area contributed by atoms with Crippen LogP contribution in [0.2, 0.25) is 0 Å². The van der Waals surface area contributed by atoms with Gasteiger partial charge < -0.3 is 10.5 Å². The van der Waals surface area contributed by atoms with Gasteiger partial charge in [-0.25, -0.2) is 0 Å². The van der Waals surface area contributed by atoms with E-state index >= 15 is 0 Å². The van der Waals surface area contributed by atoms with Crippen LogP contribution in [0.5, 0.6) is 5.75 Å².